The van der Waals surface area contributed by atoms with E-state index in [0.29, 0.717) is 12.8 Å². The first-order valence-corrected chi connectivity index (χ1v) is 5.96. The minimum atomic E-state index is -4.50. The number of nitrogens with two attached hydrogens (primary N) is 1. The van der Waals surface area contributed by atoms with Gasteiger partial charge < -0.3 is 10.3 Å². The molecule has 1 saturated carbocycles. The Morgan fingerprint density at radius 1 is 1.40 bits per heavy atom. The molecule has 3 N–H and O–H groups in total. The van der Waals surface area contributed by atoms with Crippen LogP contribution in [-0.2, 0) is 0 Å². The number of hydrazine groups is 1. The monoisotopic (exact) mass is 291 g/mol. The molecular formula is C12H13F4N3O. The van der Waals surface area contributed by atoms with Crippen LogP contribution in [0.25, 0.3) is 0 Å². The molecule has 0 heterocycles. The Bertz CT molecular complexity index is 514. The number of benzene rings is 1. The van der Waals surface area contributed by atoms with Crippen molar-refractivity contribution in [3.8, 4) is 0 Å². The normalized spacial score (nSPS) is 15.1. The summed E-state index contributed by atoms with van der Waals surface area (Å²) in [5, 5.41) is 0. The van der Waals surface area contributed by atoms with Crippen LogP contribution in [0.3, 0.4) is 0 Å². The van der Waals surface area contributed by atoms with E-state index >= 15 is 0 Å². The highest BCUT2D eigenvalue weighted by Gasteiger charge is 2.41. The van der Waals surface area contributed by atoms with Crippen molar-refractivity contribution >= 4 is 11.6 Å². The van der Waals surface area contributed by atoms with Crippen molar-refractivity contribution in [2.45, 2.75) is 25.1 Å². The molecule has 0 aromatic heterocycles. The molecule has 4 nitrogen and oxygen atoms in total. The van der Waals surface area contributed by atoms with Gasteiger partial charge in [0.15, 0.2) is 0 Å². The van der Waals surface area contributed by atoms with E-state index in [1.54, 1.807) is 0 Å². The second-order valence-corrected chi connectivity index (χ2v) is 4.59. The zero-order valence-corrected chi connectivity index (χ0v) is 10.4. The molecule has 1 aliphatic rings. The van der Waals surface area contributed by atoms with Crippen molar-refractivity contribution in [3.05, 3.63) is 29.6 Å². The number of carbonyl (C=O) groups excluding carboxylic acids is 1. The lowest BCUT2D eigenvalue weighted by molar-refractivity contribution is -0.141. The molecular weight excluding hydrogens is 278 g/mol. The predicted octanol–water partition coefficient (Wildman–Crippen LogP) is 2.28. The molecule has 1 aromatic rings. The maximum Gasteiger partial charge on any atom is 0.406 e. The van der Waals surface area contributed by atoms with E-state index in [-0.39, 0.29) is 11.3 Å². The Labute approximate surface area is 112 Å². The maximum atomic E-state index is 13.5. The van der Waals surface area contributed by atoms with Gasteiger partial charge in [-0.2, -0.15) is 13.2 Å². The van der Waals surface area contributed by atoms with Crippen LogP contribution in [0.15, 0.2) is 18.2 Å². The number of halogens is 4. The van der Waals surface area contributed by atoms with Gasteiger partial charge in [-0.1, -0.05) is 6.07 Å². The van der Waals surface area contributed by atoms with Crippen LogP contribution < -0.4 is 11.3 Å². The van der Waals surface area contributed by atoms with E-state index in [1.807, 2.05) is 5.43 Å². The molecule has 1 aliphatic carbocycles. The standard InChI is InChI=1S/C12H13F4N3O/c13-9-3-1-2-8(10(9)18-17)11(20)19(7-4-5-7)6-12(14,15)16/h1-3,7,18H,4-6,17H2. The summed E-state index contributed by atoms with van der Waals surface area (Å²) in [7, 11) is 0. The largest absolute Gasteiger partial charge is 0.406 e. The van der Waals surface area contributed by atoms with Gasteiger partial charge in [0.2, 0.25) is 0 Å². The lowest BCUT2D eigenvalue weighted by atomic mass is 10.1. The number of nitrogens with zero attached hydrogens (tertiary/aromatic N) is 1. The fourth-order valence-corrected chi connectivity index (χ4v) is 1.95. The number of nitrogen functional groups attached to an aromatic ring is 1. The summed E-state index contributed by atoms with van der Waals surface area (Å²) in [5.74, 6) is 3.46. The smallest absolute Gasteiger partial charge is 0.326 e. The first-order chi connectivity index (χ1) is 9.33. The number of hydrogen-bond acceptors (Lipinski definition) is 3. The van der Waals surface area contributed by atoms with Crippen molar-refractivity contribution < 1.29 is 22.4 Å². The van der Waals surface area contributed by atoms with Gasteiger partial charge in [-0.3, -0.25) is 10.6 Å². The average molecular weight is 291 g/mol. The first-order valence-electron chi connectivity index (χ1n) is 5.96. The van der Waals surface area contributed by atoms with E-state index < -0.39 is 30.5 Å². The Hall–Kier alpha value is -1.83. The first kappa shape index (κ1) is 14.6. The quantitative estimate of drug-likeness (QED) is 0.508. The molecule has 0 saturated heterocycles. The Morgan fingerprint density at radius 3 is 2.55 bits per heavy atom. The molecule has 2 rings (SSSR count). The van der Waals surface area contributed by atoms with E-state index in [2.05, 4.69) is 0 Å². The summed E-state index contributed by atoms with van der Waals surface area (Å²) < 4.78 is 51.1. The van der Waals surface area contributed by atoms with Gasteiger partial charge in [0, 0.05) is 6.04 Å². The van der Waals surface area contributed by atoms with Gasteiger partial charge in [-0.15, -0.1) is 0 Å². The van der Waals surface area contributed by atoms with Gasteiger partial charge >= 0.3 is 6.18 Å². The Kier molecular flexibility index (Phi) is 3.85. The molecule has 110 valence electrons. The summed E-state index contributed by atoms with van der Waals surface area (Å²) in [4.78, 5) is 12.9. The zero-order chi connectivity index (χ0) is 14.9. The molecule has 8 heteroatoms. The molecule has 0 bridgehead atoms. The second kappa shape index (κ2) is 5.28. The van der Waals surface area contributed by atoms with Crippen LogP contribution in [0.1, 0.15) is 23.2 Å². The van der Waals surface area contributed by atoms with E-state index in [9.17, 15) is 22.4 Å². The summed E-state index contributed by atoms with van der Waals surface area (Å²) >= 11 is 0. The van der Waals surface area contributed by atoms with Crippen molar-refractivity contribution in [1.82, 2.24) is 4.90 Å². The third-order valence-electron chi connectivity index (χ3n) is 2.99. The fraction of sp³-hybridized carbons (Fsp3) is 0.417. The SMILES string of the molecule is NNc1c(F)cccc1C(=O)N(CC(F)(F)F)C1CC1. The minimum Gasteiger partial charge on any atom is -0.326 e. The van der Waals surface area contributed by atoms with Crippen LogP contribution in [0, 0.1) is 5.82 Å². The van der Waals surface area contributed by atoms with Gasteiger partial charge in [0.1, 0.15) is 12.4 Å². The molecule has 0 unspecified atom stereocenters. The van der Waals surface area contributed by atoms with Crippen molar-refractivity contribution in [1.29, 1.82) is 0 Å². The molecule has 1 amide bonds. The number of hydrogen-bond donors (Lipinski definition) is 2. The topological polar surface area (TPSA) is 58.4 Å². The molecule has 0 spiro atoms. The minimum absolute atomic E-state index is 0.205. The molecule has 0 radical (unpaired) electrons. The van der Waals surface area contributed by atoms with Crippen LogP contribution in [0.2, 0.25) is 0 Å². The van der Waals surface area contributed by atoms with Gasteiger partial charge in [0.05, 0.1) is 11.3 Å². The summed E-state index contributed by atoms with van der Waals surface area (Å²) in [6, 6.07) is 3.11. The van der Waals surface area contributed by atoms with Crippen LogP contribution in [0.5, 0.6) is 0 Å². The number of carbonyl (C=O) groups is 1. The van der Waals surface area contributed by atoms with E-state index in [4.69, 9.17) is 5.84 Å². The molecule has 20 heavy (non-hydrogen) atoms. The highest BCUT2D eigenvalue weighted by Crippen LogP contribution is 2.32. The van der Waals surface area contributed by atoms with E-state index in [0.717, 1.165) is 11.0 Å². The van der Waals surface area contributed by atoms with Crippen molar-refractivity contribution in [2.75, 3.05) is 12.0 Å². The van der Waals surface area contributed by atoms with Gasteiger partial charge in [-0.05, 0) is 25.0 Å². The molecule has 1 fully saturated rings. The van der Waals surface area contributed by atoms with Crippen LogP contribution >= 0.6 is 0 Å². The second-order valence-electron chi connectivity index (χ2n) is 4.59. The molecule has 0 aliphatic heterocycles. The predicted molar refractivity (Wildman–Crippen MR) is 64.3 cm³/mol. The number of alkyl halides is 3. The molecule has 0 atom stereocenters. The summed E-state index contributed by atoms with van der Waals surface area (Å²) in [6.45, 7) is -1.35. The fourth-order valence-electron chi connectivity index (χ4n) is 1.95. The summed E-state index contributed by atoms with van der Waals surface area (Å²) in [5.41, 5.74) is 1.51. The number of amides is 1. The Morgan fingerprint density at radius 2 is 2.05 bits per heavy atom. The number of anilines is 1. The number of rotatable bonds is 4. The van der Waals surface area contributed by atoms with E-state index in [1.165, 1.54) is 12.1 Å². The lowest BCUT2D eigenvalue weighted by Gasteiger charge is -2.24. The number of nitrogens with one attached hydrogen (secondary N) is 1. The highest BCUT2D eigenvalue weighted by molar-refractivity contribution is 6.00. The van der Waals surface area contributed by atoms with Gasteiger partial charge in [-0.25, -0.2) is 4.39 Å². The van der Waals surface area contributed by atoms with Gasteiger partial charge in [0.25, 0.3) is 5.91 Å². The third-order valence-corrected chi connectivity index (χ3v) is 2.99. The summed E-state index contributed by atoms with van der Waals surface area (Å²) in [6.07, 6.45) is -3.47. The van der Waals surface area contributed by atoms with Crippen molar-refractivity contribution in [3.63, 3.8) is 0 Å². The zero-order valence-electron chi connectivity index (χ0n) is 10.4. The van der Waals surface area contributed by atoms with Crippen LogP contribution in [0.4, 0.5) is 23.2 Å². The number of para-hydroxylation sites is 1. The third kappa shape index (κ3) is 3.19. The van der Waals surface area contributed by atoms with Crippen LogP contribution in [-0.4, -0.2) is 29.6 Å². The molecule has 1 aromatic carbocycles. The highest BCUT2D eigenvalue weighted by atomic mass is 19.4. The lowest BCUT2D eigenvalue weighted by Crippen LogP contribution is -2.41. The average Bonchev–Trinajstić information content (AvgIpc) is 3.18. The maximum absolute atomic E-state index is 13.5. The van der Waals surface area contributed by atoms with Crippen molar-refractivity contribution in [2.24, 2.45) is 5.84 Å². The Balaban J connectivity index is 2.30.